The van der Waals surface area contributed by atoms with E-state index in [-0.39, 0.29) is 11.9 Å². The SMILES string of the molecule is CC(C)n1c(C(=O)N(C)C)cc2c(OCCCN3CCC(c4ccc5ccccc5c4)CC3)cccc21. The summed E-state index contributed by atoms with van der Waals surface area (Å²) >= 11 is 0. The van der Waals surface area contributed by atoms with Gasteiger partial charge >= 0.3 is 0 Å². The fourth-order valence-corrected chi connectivity index (χ4v) is 5.72. The molecular weight excluding hydrogens is 458 g/mol. The van der Waals surface area contributed by atoms with Crippen LogP contribution in [-0.2, 0) is 0 Å². The van der Waals surface area contributed by atoms with Crippen LogP contribution in [-0.4, -0.2) is 60.6 Å². The summed E-state index contributed by atoms with van der Waals surface area (Å²) < 4.78 is 8.38. The molecule has 2 heterocycles. The smallest absolute Gasteiger partial charge is 0.270 e. The number of nitrogens with zero attached hydrogens (tertiary/aromatic N) is 3. The molecule has 0 atom stereocenters. The van der Waals surface area contributed by atoms with Crippen molar-refractivity contribution in [3.8, 4) is 5.75 Å². The van der Waals surface area contributed by atoms with Crippen LogP contribution in [0.1, 0.15) is 61.1 Å². The van der Waals surface area contributed by atoms with Gasteiger partial charge in [0.05, 0.1) is 12.1 Å². The first-order chi connectivity index (χ1) is 17.9. The number of carbonyl (C=O) groups is 1. The third-order valence-corrected chi connectivity index (χ3v) is 7.69. The molecule has 3 aromatic carbocycles. The van der Waals surface area contributed by atoms with E-state index in [0.717, 1.165) is 42.7 Å². The molecule has 1 aliphatic rings. The lowest BCUT2D eigenvalue weighted by atomic mass is 9.88. The van der Waals surface area contributed by atoms with Gasteiger partial charge in [0.1, 0.15) is 11.4 Å². The molecule has 1 aromatic heterocycles. The zero-order chi connectivity index (χ0) is 25.9. The topological polar surface area (TPSA) is 37.7 Å². The molecular formula is C32H39N3O2. The van der Waals surface area contributed by atoms with Crippen LogP contribution < -0.4 is 4.74 Å². The second kappa shape index (κ2) is 11.0. The monoisotopic (exact) mass is 497 g/mol. The van der Waals surface area contributed by atoms with Crippen molar-refractivity contribution in [2.24, 2.45) is 0 Å². The molecule has 0 bridgehead atoms. The summed E-state index contributed by atoms with van der Waals surface area (Å²) in [5, 5.41) is 3.68. The third kappa shape index (κ3) is 5.37. The highest BCUT2D eigenvalue weighted by molar-refractivity contribution is 6.00. The van der Waals surface area contributed by atoms with E-state index in [4.69, 9.17) is 4.74 Å². The minimum absolute atomic E-state index is 0.0166. The predicted molar refractivity (Wildman–Crippen MR) is 153 cm³/mol. The maximum Gasteiger partial charge on any atom is 0.270 e. The lowest BCUT2D eigenvalue weighted by Gasteiger charge is -2.32. The third-order valence-electron chi connectivity index (χ3n) is 7.69. The number of piperidine rings is 1. The lowest BCUT2D eigenvalue weighted by Crippen LogP contribution is -2.34. The fraction of sp³-hybridized carbons (Fsp3) is 0.406. The van der Waals surface area contributed by atoms with Crippen LogP contribution >= 0.6 is 0 Å². The summed E-state index contributed by atoms with van der Waals surface area (Å²) in [6, 6.07) is 23.9. The number of rotatable bonds is 8. The second-order valence-corrected chi connectivity index (χ2v) is 10.8. The minimum Gasteiger partial charge on any atom is -0.493 e. The largest absolute Gasteiger partial charge is 0.493 e. The van der Waals surface area contributed by atoms with Gasteiger partial charge in [-0.25, -0.2) is 0 Å². The van der Waals surface area contributed by atoms with Gasteiger partial charge in [0, 0.05) is 32.1 Å². The van der Waals surface area contributed by atoms with E-state index in [1.165, 1.54) is 29.2 Å². The number of carbonyl (C=O) groups excluding carboxylic acids is 1. The Labute approximate surface area is 220 Å². The van der Waals surface area contributed by atoms with E-state index in [1.807, 2.05) is 18.2 Å². The summed E-state index contributed by atoms with van der Waals surface area (Å²) in [6.07, 6.45) is 3.42. The molecule has 0 unspecified atom stereocenters. The number of benzene rings is 3. The van der Waals surface area contributed by atoms with Crippen molar-refractivity contribution in [1.82, 2.24) is 14.4 Å². The van der Waals surface area contributed by atoms with Crippen LogP contribution in [0.4, 0.5) is 0 Å². The van der Waals surface area contributed by atoms with Crippen LogP contribution in [0, 0.1) is 0 Å². The summed E-state index contributed by atoms with van der Waals surface area (Å²) in [7, 11) is 3.60. The minimum atomic E-state index is 0.0166. The molecule has 194 valence electrons. The van der Waals surface area contributed by atoms with E-state index in [1.54, 1.807) is 19.0 Å². The van der Waals surface area contributed by atoms with Crippen molar-refractivity contribution in [3.05, 3.63) is 78.0 Å². The highest BCUT2D eigenvalue weighted by Crippen LogP contribution is 2.33. The Kier molecular flexibility index (Phi) is 7.52. The van der Waals surface area contributed by atoms with Gasteiger partial charge in [0.25, 0.3) is 5.91 Å². The zero-order valence-corrected chi connectivity index (χ0v) is 22.6. The van der Waals surface area contributed by atoms with Crippen molar-refractivity contribution < 1.29 is 9.53 Å². The van der Waals surface area contributed by atoms with Crippen molar-refractivity contribution in [2.75, 3.05) is 40.3 Å². The van der Waals surface area contributed by atoms with Crippen LogP contribution in [0.5, 0.6) is 5.75 Å². The van der Waals surface area contributed by atoms with Gasteiger partial charge in [-0.2, -0.15) is 0 Å². The number of ether oxygens (including phenoxy) is 1. The molecule has 0 radical (unpaired) electrons. The van der Waals surface area contributed by atoms with Gasteiger partial charge in [-0.05, 0) is 86.7 Å². The van der Waals surface area contributed by atoms with E-state index in [2.05, 4.69) is 71.8 Å². The van der Waals surface area contributed by atoms with E-state index >= 15 is 0 Å². The summed E-state index contributed by atoms with van der Waals surface area (Å²) in [6.45, 7) is 8.23. The molecule has 0 N–H and O–H groups in total. The first-order valence-corrected chi connectivity index (χ1v) is 13.6. The Balaban J connectivity index is 1.16. The van der Waals surface area contributed by atoms with Crippen molar-refractivity contribution in [3.63, 3.8) is 0 Å². The highest BCUT2D eigenvalue weighted by Gasteiger charge is 2.22. The summed E-state index contributed by atoms with van der Waals surface area (Å²) in [4.78, 5) is 17.0. The predicted octanol–water partition coefficient (Wildman–Crippen LogP) is 6.73. The Morgan fingerprint density at radius 3 is 2.46 bits per heavy atom. The molecule has 5 heteroatoms. The van der Waals surface area contributed by atoms with Gasteiger partial charge in [-0.15, -0.1) is 0 Å². The second-order valence-electron chi connectivity index (χ2n) is 10.8. The molecule has 0 aliphatic carbocycles. The average molecular weight is 498 g/mol. The van der Waals surface area contributed by atoms with E-state index in [9.17, 15) is 4.79 Å². The van der Waals surface area contributed by atoms with Crippen molar-refractivity contribution >= 4 is 27.6 Å². The molecule has 1 amide bonds. The Bertz CT molecular complexity index is 1380. The lowest BCUT2D eigenvalue weighted by molar-refractivity contribution is 0.0816. The van der Waals surface area contributed by atoms with E-state index < -0.39 is 0 Å². The van der Waals surface area contributed by atoms with E-state index in [0.29, 0.717) is 18.2 Å². The van der Waals surface area contributed by atoms with Gasteiger partial charge in [0.2, 0.25) is 0 Å². The molecule has 1 aliphatic heterocycles. The molecule has 5 nitrogen and oxygen atoms in total. The maximum absolute atomic E-state index is 12.8. The number of amides is 1. The van der Waals surface area contributed by atoms with Crippen LogP contribution in [0.2, 0.25) is 0 Å². The molecule has 0 saturated carbocycles. The van der Waals surface area contributed by atoms with Crippen molar-refractivity contribution in [1.29, 1.82) is 0 Å². The fourth-order valence-electron chi connectivity index (χ4n) is 5.72. The number of aromatic nitrogens is 1. The standard InChI is InChI=1S/C32H39N3O2/c1-23(2)35-29-11-7-12-31(28(29)22-30(35)32(36)33(3)4)37-20-8-17-34-18-15-25(16-19-34)27-14-13-24-9-5-6-10-26(24)21-27/h5-7,9-14,21-23,25H,8,15-20H2,1-4H3. The molecule has 1 fully saturated rings. The Morgan fingerprint density at radius 2 is 1.73 bits per heavy atom. The molecule has 4 aromatic rings. The molecule has 1 saturated heterocycles. The first-order valence-electron chi connectivity index (χ1n) is 13.6. The average Bonchev–Trinajstić information content (AvgIpc) is 3.31. The van der Waals surface area contributed by atoms with Crippen LogP contribution in [0.15, 0.2) is 66.7 Å². The summed E-state index contributed by atoms with van der Waals surface area (Å²) in [5.41, 5.74) is 3.24. The highest BCUT2D eigenvalue weighted by atomic mass is 16.5. The molecule has 5 rings (SSSR count). The van der Waals surface area contributed by atoms with Gasteiger partial charge in [-0.3, -0.25) is 4.79 Å². The number of fused-ring (bicyclic) bond motifs is 2. The van der Waals surface area contributed by atoms with Gasteiger partial charge < -0.3 is 19.1 Å². The Morgan fingerprint density at radius 1 is 0.973 bits per heavy atom. The molecule has 37 heavy (non-hydrogen) atoms. The Hall–Kier alpha value is -3.31. The normalized spacial score (nSPS) is 15.1. The van der Waals surface area contributed by atoms with Crippen molar-refractivity contribution in [2.45, 2.75) is 45.1 Å². The number of likely N-dealkylation sites (tertiary alicyclic amines) is 1. The molecule has 0 spiro atoms. The van der Waals surface area contributed by atoms with Gasteiger partial charge in [-0.1, -0.05) is 48.5 Å². The zero-order valence-electron chi connectivity index (χ0n) is 22.6. The first kappa shape index (κ1) is 25.3. The quantitative estimate of drug-likeness (QED) is 0.253. The van der Waals surface area contributed by atoms with Crippen LogP contribution in [0.3, 0.4) is 0 Å². The number of hydrogen-bond donors (Lipinski definition) is 0. The maximum atomic E-state index is 12.8. The number of hydrogen-bond acceptors (Lipinski definition) is 3. The van der Waals surface area contributed by atoms with Gasteiger partial charge in [0.15, 0.2) is 0 Å². The summed E-state index contributed by atoms with van der Waals surface area (Å²) in [5.74, 6) is 1.53. The van der Waals surface area contributed by atoms with Crippen LogP contribution in [0.25, 0.3) is 21.7 Å².